The Balaban J connectivity index is 2.97. The van der Waals surface area contributed by atoms with E-state index in [0.717, 1.165) is 0 Å². The molecule has 19 heavy (non-hydrogen) atoms. The van der Waals surface area contributed by atoms with Gasteiger partial charge in [-0.25, -0.2) is 4.98 Å². The van der Waals surface area contributed by atoms with Gasteiger partial charge in [0, 0.05) is 12.7 Å². The van der Waals surface area contributed by atoms with E-state index < -0.39 is 4.92 Å². The van der Waals surface area contributed by atoms with Crippen LogP contribution in [0.4, 0.5) is 11.5 Å². The number of hydrogen-bond donors (Lipinski definition) is 1. The molecular formula is C13H18N4O2. The van der Waals surface area contributed by atoms with E-state index in [1.54, 1.807) is 0 Å². The molecule has 1 aromatic heterocycles. The van der Waals surface area contributed by atoms with Crippen LogP contribution >= 0.6 is 0 Å². The largest absolute Gasteiger partial charge is 0.364 e. The van der Waals surface area contributed by atoms with Crippen molar-refractivity contribution in [2.24, 2.45) is 11.3 Å². The first-order chi connectivity index (χ1) is 8.77. The predicted octanol–water partition coefficient (Wildman–Crippen LogP) is 2.96. The highest BCUT2D eigenvalue weighted by Gasteiger charge is 2.24. The molecule has 102 valence electrons. The number of nitriles is 1. The number of aromatic nitrogens is 1. The van der Waals surface area contributed by atoms with Gasteiger partial charge in [-0.15, -0.1) is 0 Å². The van der Waals surface area contributed by atoms with Gasteiger partial charge in [0.2, 0.25) is 5.82 Å². The van der Waals surface area contributed by atoms with Crippen molar-refractivity contribution in [2.45, 2.75) is 27.7 Å². The highest BCUT2D eigenvalue weighted by atomic mass is 16.6. The van der Waals surface area contributed by atoms with E-state index in [4.69, 9.17) is 5.26 Å². The maximum atomic E-state index is 11.0. The molecule has 0 bridgehead atoms. The predicted molar refractivity (Wildman–Crippen MR) is 72.7 cm³/mol. The van der Waals surface area contributed by atoms with E-state index in [1.165, 1.54) is 12.3 Å². The summed E-state index contributed by atoms with van der Waals surface area (Å²) in [5.41, 5.74) is -0.147. The molecule has 0 aliphatic carbocycles. The summed E-state index contributed by atoms with van der Waals surface area (Å²) in [4.78, 5) is 14.4. The maximum absolute atomic E-state index is 11.0. The highest BCUT2D eigenvalue weighted by molar-refractivity contribution is 5.64. The van der Waals surface area contributed by atoms with E-state index in [9.17, 15) is 10.1 Å². The molecular weight excluding hydrogens is 244 g/mol. The zero-order chi connectivity index (χ0) is 14.6. The van der Waals surface area contributed by atoms with Gasteiger partial charge in [0.1, 0.15) is 11.6 Å². The first-order valence-corrected chi connectivity index (χ1v) is 6.04. The molecule has 0 aliphatic heterocycles. The number of pyridine rings is 1. The fourth-order valence-corrected chi connectivity index (χ4v) is 1.41. The molecule has 1 rings (SSSR count). The Bertz CT molecular complexity index is 514. The monoisotopic (exact) mass is 262 g/mol. The molecule has 0 spiro atoms. The number of nitro groups is 1. The third kappa shape index (κ3) is 3.65. The summed E-state index contributed by atoms with van der Waals surface area (Å²) in [6.45, 7) is 8.94. The fourth-order valence-electron chi connectivity index (χ4n) is 1.41. The molecule has 6 nitrogen and oxygen atoms in total. The smallest absolute Gasteiger partial charge is 0.328 e. The second-order valence-electron chi connectivity index (χ2n) is 5.57. The van der Waals surface area contributed by atoms with Crippen LogP contribution < -0.4 is 5.32 Å². The summed E-state index contributed by atoms with van der Waals surface area (Å²) in [5.74, 6) is 0.458. The Morgan fingerprint density at radius 1 is 1.58 bits per heavy atom. The quantitative estimate of drug-likeness (QED) is 0.665. The summed E-state index contributed by atoms with van der Waals surface area (Å²) in [6.07, 6.45) is 1.40. The normalized spacial score (nSPS) is 12.6. The van der Waals surface area contributed by atoms with Crippen LogP contribution in [0.3, 0.4) is 0 Å². The Morgan fingerprint density at radius 2 is 2.21 bits per heavy atom. The van der Waals surface area contributed by atoms with Crippen molar-refractivity contribution >= 4 is 11.5 Å². The molecule has 0 radical (unpaired) electrons. The maximum Gasteiger partial charge on any atom is 0.328 e. The minimum absolute atomic E-state index is 0.0194. The lowest BCUT2D eigenvalue weighted by molar-refractivity contribution is -0.384. The Kier molecular flexibility index (Phi) is 4.43. The van der Waals surface area contributed by atoms with E-state index in [1.807, 2.05) is 6.07 Å². The number of anilines is 1. The Labute approximate surface area is 112 Å². The molecule has 1 N–H and O–H groups in total. The van der Waals surface area contributed by atoms with Crippen LogP contribution in [0.2, 0.25) is 0 Å². The van der Waals surface area contributed by atoms with Crippen LogP contribution in [0.5, 0.6) is 0 Å². The topological polar surface area (TPSA) is 91.8 Å². The highest BCUT2D eigenvalue weighted by Crippen LogP contribution is 2.28. The second-order valence-corrected chi connectivity index (χ2v) is 5.57. The van der Waals surface area contributed by atoms with Crippen molar-refractivity contribution in [1.82, 2.24) is 4.98 Å². The minimum Gasteiger partial charge on any atom is -0.364 e. The Hall–Kier alpha value is -2.16. The molecule has 0 aromatic carbocycles. The Morgan fingerprint density at radius 3 is 2.68 bits per heavy atom. The van der Waals surface area contributed by atoms with Gasteiger partial charge in [0.05, 0.1) is 4.92 Å². The van der Waals surface area contributed by atoms with Crippen LogP contribution in [0, 0.1) is 32.8 Å². The first kappa shape index (κ1) is 14.9. The molecule has 0 aliphatic rings. The van der Waals surface area contributed by atoms with Gasteiger partial charge < -0.3 is 5.32 Å². The van der Waals surface area contributed by atoms with Gasteiger partial charge in [0.25, 0.3) is 0 Å². The van der Waals surface area contributed by atoms with Crippen molar-refractivity contribution in [3.8, 4) is 6.07 Å². The van der Waals surface area contributed by atoms with Gasteiger partial charge in [-0.3, -0.25) is 10.1 Å². The summed E-state index contributed by atoms with van der Waals surface area (Å²) < 4.78 is 0. The zero-order valence-electron chi connectivity index (χ0n) is 11.6. The van der Waals surface area contributed by atoms with E-state index in [2.05, 4.69) is 38.0 Å². The van der Waals surface area contributed by atoms with Gasteiger partial charge in [-0.2, -0.15) is 5.26 Å². The van der Waals surface area contributed by atoms with Crippen LogP contribution in [0.1, 0.15) is 33.3 Å². The number of rotatable bonds is 4. The number of nitrogens with one attached hydrogen (secondary N) is 1. The van der Waals surface area contributed by atoms with E-state index in [0.29, 0.717) is 12.5 Å². The van der Waals surface area contributed by atoms with Gasteiger partial charge in [-0.1, -0.05) is 27.7 Å². The van der Waals surface area contributed by atoms with Crippen LogP contribution in [0.15, 0.2) is 12.3 Å². The molecule has 0 saturated heterocycles. The average Bonchev–Trinajstić information content (AvgIpc) is 2.33. The third-order valence-corrected chi connectivity index (χ3v) is 3.28. The molecule has 1 heterocycles. The third-order valence-electron chi connectivity index (χ3n) is 3.28. The lowest BCUT2D eigenvalue weighted by atomic mass is 9.82. The lowest BCUT2D eigenvalue weighted by Crippen LogP contribution is -2.25. The molecule has 1 atom stereocenters. The lowest BCUT2D eigenvalue weighted by Gasteiger charge is -2.27. The van der Waals surface area contributed by atoms with Gasteiger partial charge >= 0.3 is 5.69 Å². The molecule has 1 aromatic rings. The minimum atomic E-state index is -0.574. The van der Waals surface area contributed by atoms with Gasteiger partial charge in [-0.05, 0) is 17.4 Å². The zero-order valence-corrected chi connectivity index (χ0v) is 11.6. The van der Waals surface area contributed by atoms with Crippen molar-refractivity contribution in [3.05, 3.63) is 27.9 Å². The summed E-state index contributed by atoms with van der Waals surface area (Å²) in [6, 6.07) is 3.16. The van der Waals surface area contributed by atoms with Crippen molar-refractivity contribution in [3.63, 3.8) is 0 Å². The van der Waals surface area contributed by atoms with Crippen molar-refractivity contribution < 1.29 is 4.92 Å². The van der Waals surface area contributed by atoms with Crippen LogP contribution in [-0.2, 0) is 0 Å². The molecule has 0 fully saturated rings. The standard InChI is InChI=1S/C13H18N4O2/c1-9(13(2,3)4)8-16-12-11(17(18)19)10(7-14)5-6-15-12/h5-6,9H,8H2,1-4H3,(H,15,16). The number of nitrogens with zero attached hydrogens (tertiary/aromatic N) is 3. The average molecular weight is 262 g/mol. The van der Waals surface area contributed by atoms with Crippen molar-refractivity contribution in [2.75, 3.05) is 11.9 Å². The first-order valence-electron chi connectivity index (χ1n) is 6.04. The summed E-state index contributed by atoms with van der Waals surface area (Å²) >= 11 is 0. The molecule has 6 heteroatoms. The fraction of sp³-hybridized carbons (Fsp3) is 0.538. The summed E-state index contributed by atoms with van der Waals surface area (Å²) in [5, 5.41) is 22.9. The molecule has 1 unspecified atom stereocenters. The van der Waals surface area contributed by atoms with Crippen LogP contribution in [-0.4, -0.2) is 16.5 Å². The summed E-state index contributed by atoms with van der Waals surface area (Å²) in [7, 11) is 0. The van der Waals surface area contributed by atoms with Gasteiger partial charge in [0.15, 0.2) is 0 Å². The SMILES string of the molecule is CC(CNc1nccc(C#N)c1[N+](=O)[O-])C(C)(C)C. The molecule has 0 saturated carbocycles. The molecule has 0 amide bonds. The second kappa shape index (κ2) is 5.65. The van der Waals surface area contributed by atoms with E-state index >= 15 is 0 Å². The van der Waals surface area contributed by atoms with Crippen LogP contribution in [0.25, 0.3) is 0 Å². The van der Waals surface area contributed by atoms with Crippen molar-refractivity contribution in [1.29, 1.82) is 5.26 Å². The number of hydrogen-bond acceptors (Lipinski definition) is 5. The van der Waals surface area contributed by atoms with E-state index in [-0.39, 0.29) is 22.5 Å².